The minimum atomic E-state index is 0.906. The molecule has 0 saturated carbocycles. The molecule has 1 aliphatic rings. The molecule has 0 atom stereocenters. The van der Waals surface area contributed by atoms with E-state index in [9.17, 15) is 0 Å². The summed E-state index contributed by atoms with van der Waals surface area (Å²) < 4.78 is 0. The molecule has 0 aromatic heterocycles. The van der Waals surface area contributed by atoms with E-state index in [1.54, 1.807) is 11.8 Å². The molecule has 0 unspecified atom stereocenters. The Hall–Kier alpha value is -0.670. The van der Waals surface area contributed by atoms with Crippen LogP contribution in [0.5, 0.6) is 0 Å². The molecule has 3 N–H and O–H groups in total. The predicted molar refractivity (Wildman–Crippen MR) is 76.6 cm³/mol. The van der Waals surface area contributed by atoms with E-state index in [2.05, 4.69) is 23.7 Å². The van der Waals surface area contributed by atoms with Crippen LogP contribution in [0.1, 0.15) is 24.8 Å². The summed E-state index contributed by atoms with van der Waals surface area (Å²) in [5, 5.41) is 3.42. The van der Waals surface area contributed by atoms with Gasteiger partial charge in [-0.3, -0.25) is 0 Å². The number of aryl methyl sites for hydroxylation is 1. The van der Waals surface area contributed by atoms with Crippen LogP contribution in [0.25, 0.3) is 0 Å². The van der Waals surface area contributed by atoms with E-state index in [4.69, 9.17) is 5.73 Å². The van der Waals surface area contributed by atoms with Gasteiger partial charge in [-0.2, -0.15) is 0 Å². The minimum absolute atomic E-state index is 0.906. The second-order valence-corrected chi connectivity index (χ2v) is 5.66. The first-order valence-corrected chi connectivity index (χ1v) is 7.65. The third kappa shape index (κ3) is 3.65. The highest BCUT2D eigenvalue weighted by atomic mass is 32.2. The molecule has 17 heavy (non-hydrogen) atoms. The van der Waals surface area contributed by atoms with Crippen LogP contribution in [-0.2, 0) is 6.42 Å². The third-order valence-corrected chi connectivity index (χ3v) is 4.39. The number of hydrogen-bond acceptors (Lipinski definition) is 3. The number of piperidine rings is 1. The number of nitrogens with two attached hydrogens (primary N) is 1. The Morgan fingerprint density at radius 3 is 2.82 bits per heavy atom. The fraction of sp³-hybridized carbons (Fsp3) is 0.571. The lowest BCUT2D eigenvalue weighted by Gasteiger charge is -2.22. The first-order chi connectivity index (χ1) is 8.29. The molecule has 94 valence electrons. The smallest absolute Gasteiger partial charge is 0.0452 e. The number of nitrogen functional groups attached to an aromatic ring is 1. The fourth-order valence-electron chi connectivity index (χ4n) is 2.45. The van der Waals surface area contributed by atoms with Crippen LogP contribution in [0.2, 0.25) is 0 Å². The van der Waals surface area contributed by atoms with Gasteiger partial charge in [0.15, 0.2) is 0 Å². The molecule has 3 heteroatoms. The van der Waals surface area contributed by atoms with Crippen LogP contribution in [-0.4, -0.2) is 19.3 Å². The highest BCUT2D eigenvalue weighted by molar-refractivity contribution is 7.98. The average Bonchev–Trinajstić information content (AvgIpc) is 2.39. The summed E-state index contributed by atoms with van der Waals surface area (Å²) >= 11 is 1.74. The van der Waals surface area contributed by atoms with Gasteiger partial charge in [0.2, 0.25) is 0 Å². The lowest BCUT2D eigenvalue weighted by molar-refractivity contribution is 0.354. The lowest BCUT2D eigenvalue weighted by atomic mass is 9.91. The maximum atomic E-state index is 5.91. The monoisotopic (exact) mass is 250 g/mol. The predicted octanol–water partition coefficient (Wildman–Crippen LogP) is 2.92. The van der Waals surface area contributed by atoms with Gasteiger partial charge in [-0.05, 0) is 68.6 Å². The van der Waals surface area contributed by atoms with Crippen molar-refractivity contribution in [3.8, 4) is 0 Å². The van der Waals surface area contributed by atoms with Crippen molar-refractivity contribution in [2.75, 3.05) is 25.1 Å². The minimum Gasteiger partial charge on any atom is -0.398 e. The number of nitrogens with one attached hydrogen (secondary N) is 1. The zero-order chi connectivity index (χ0) is 12.1. The maximum Gasteiger partial charge on any atom is 0.0452 e. The molecule has 1 aromatic carbocycles. The highest BCUT2D eigenvalue weighted by Crippen LogP contribution is 2.25. The second-order valence-electron chi connectivity index (χ2n) is 4.81. The van der Waals surface area contributed by atoms with Crippen molar-refractivity contribution in [2.24, 2.45) is 5.92 Å². The van der Waals surface area contributed by atoms with Crippen LogP contribution in [0.3, 0.4) is 0 Å². The molecule has 0 bridgehead atoms. The van der Waals surface area contributed by atoms with Crippen LogP contribution in [0, 0.1) is 5.92 Å². The Bertz CT molecular complexity index is 359. The van der Waals surface area contributed by atoms with Crippen molar-refractivity contribution in [1.29, 1.82) is 0 Å². The van der Waals surface area contributed by atoms with E-state index < -0.39 is 0 Å². The first kappa shape index (κ1) is 12.8. The molecular formula is C14H22N2S. The van der Waals surface area contributed by atoms with Crippen molar-refractivity contribution >= 4 is 17.4 Å². The molecule has 0 radical (unpaired) electrons. The van der Waals surface area contributed by atoms with E-state index in [0.717, 1.165) is 11.6 Å². The van der Waals surface area contributed by atoms with Gasteiger partial charge < -0.3 is 11.1 Å². The summed E-state index contributed by atoms with van der Waals surface area (Å²) in [6, 6.07) is 6.47. The second kappa shape index (κ2) is 6.31. The van der Waals surface area contributed by atoms with Crippen LogP contribution in [0.4, 0.5) is 5.69 Å². The molecule has 1 saturated heterocycles. The normalized spacial score (nSPS) is 17.2. The van der Waals surface area contributed by atoms with Gasteiger partial charge >= 0.3 is 0 Å². The number of anilines is 1. The molecule has 1 heterocycles. The Kier molecular flexibility index (Phi) is 4.75. The topological polar surface area (TPSA) is 38.0 Å². The zero-order valence-corrected chi connectivity index (χ0v) is 11.4. The summed E-state index contributed by atoms with van der Waals surface area (Å²) in [5.41, 5.74) is 8.25. The van der Waals surface area contributed by atoms with Crippen LogP contribution < -0.4 is 11.1 Å². The zero-order valence-electron chi connectivity index (χ0n) is 10.5. The van der Waals surface area contributed by atoms with Gasteiger partial charge in [0.1, 0.15) is 0 Å². The number of thioether (sulfide) groups is 1. The standard InChI is InChI=1S/C14H22N2S/c1-17-14-10-12(4-5-13(14)15)3-2-11-6-8-16-9-7-11/h4-5,10-11,16H,2-3,6-9,15H2,1H3. The highest BCUT2D eigenvalue weighted by Gasteiger charge is 2.12. The van der Waals surface area contributed by atoms with Crippen molar-refractivity contribution < 1.29 is 0 Å². The van der Waals surface area contributed by atoms with E-state index in [0.29, 0.717) is 0 Å². The van der Waals surface area contributed by atoms with E-state index in [1.165, 1.54) is 49.2 Å². The molecule has 2 nitrogen and oxygen atoms in total. The largest absolute Gasteiger partial charge is 0.398 e. The molecule has 0 spiro atoms. The van der Waals surface area contributed by atoms with Gasteiger partial charge in [0.25, 0.3) is 0 Å². The SMILES string of the molecule is CSc1cc(CCC2CCNCC2)ccc1N. The summed E-state index contributed by atoms with van der Waals surface area (Å²) in [7, 11) is 0. The Morgan fingerprint density at radius 1 is 1.35 bits per heavy atom. The summed E-state index contributed by atoms with van der Waals surface area (Å²) in [5.74, 6) is 0.909. The van der Waals surface area contributed by atoms with Crippen LogP contribution >= 0.6 is 11.8 Å². The number of rotatable bonds is 4. The van der Waals surface area contributed by atoms with Gasteiger partial charge in [-0.1, -0.05) is 6.07 Å². The van der Waals surface area contributed by atoms with Crippen molar-refractivity contribution in [3.63, 3.8) is 0 Å². The molecule has 1 aromatic rings. The van der Waals surface area contributed by atoms with Gasteiger partial charge in [0.05, 0.1) is 0 Å². The summed E-state index contributed by atoms with van der Waals surface area (Å²) in [6.45, 7) is 2.39. The Labute approximate surface area is 108 Å². The quantitative estimate of drug-likeness (QED) is 0.637. The summed E-state index contributed by atoms with van der Waals surface area (Å²) in [4.78, 5) is 1.22. The Balaban J connectivity index is 1.89. The maximum absolute atomic E-state index is 5.91. The fourth-order valence-corrected chi connectivity index (χ4v) is 3.03. The van der Waals surface area contributed by atoms with Crippen LogP contribution in [0.15, 0.2) is 23.1 Å². The molecule has 1 fully saturated rings. The number of hydrogen-bond donors (Lipinski definition) is 2. The Morgan fingerprint density at radius 2 is 2.12 bits per heavy atom. The van der Waals surface area contributed by atoms with Crippen molar-refractivity contribution in [1.82, 2.24) is 5.32 Å². The average molecular weight is 250 g/mol. The van der Waals surface area contributed by atoms with E-state index in [-0.39, 0.29) is 0 Å². The molecule has 2 rings (SSSR count). The van der Waals surface area contributed by atoms with E-state index in [1.807, 2.05) is 6.07 Å². The third-order valence-electron chi connectivity index (χ3n) is 3.60. The van der Waals surface area contributed by atoms with Crippen molar-refractivity contribution in [2.45, 2.75) is 30.6 Å². The molecular weight excluding hydrogens is 228 g/mol. The summed E-state index contributed by atoms with van der Waals surface area (Å²) in [6.07, 6.45) is 7.27. The lowest BCUT2D eigenvalue weighted by Crippen LogP contribution is -2.27. The van der Waals surface area contributed by atoms with E-state index >= 15 is 0 Å². The number of benzene rings is 1. The first-order valence-electron chi connectivity index (χ1n) is 6.42. The molecule has 1 aliphatic heterocycles. The molecule has 0 aliphatic carbocycles. The molecule has 0 amide bonds. The van der Waals surface area contributed by atoms with Crippen molar-refractivity contribution in [3.05, 3.63) is 23.8 Å². The van der Waals surface area contributed by atoms with Gasteiger partial charge in [-0.25, -0.2) is 0 Å². The van der Waals surface area contributed by atoms with Gasteiger partial charge in [-0.15, -0.1) is 11.8 Å². The van der Waals surface area contributed by atoms with Gasteiger partial charge in [0, 0.05) is 10.6 Å².